The number of H-pyrrole nitrogens is 1. The number of nitrogens with one attached hydrogen (secondary N) is 1. The molecule has 20 heavy (non-hydrogen) atoms. The number of nitriles is 1. The van der Waals surface area contributed by atoms with E-state index in [1.54, 1.807) is 6.20 Å². The van der Waals surface area contributed by atoms with Gasteiger partial charge in [0.25, 0.3) is 0 Å². The molecule has 0 radical (unpaired) electrons. The molecule has 96 valence electrons. The van der Waals surface area contributed by atoms with Crippen LogP contribution in [0, 0.1) is 11.3 Å². The van der Waals surface area contributed by atoms with Crippen LogP contribution in [0.25, 0.3) is 22.3 Å². The molecule has 0 spiro atoms. The molecule has 0 atom stereocenters. The molecule has 1 N–H and O–H groups in total. The number of hydrogen-bond acceptors (Lipinski definition) is 4. The summed E-state index contributed by atoms with van der Waals surface area (Å²) >= 11 is 0. The molecular formula is C15H11N5. The average molecular weight is 261 g/mol. The number of nitrogens with zero attached hydrogens (tertiary/aromatic N) is 4. The van der Waals surface area contributed by atoms with E-state index in [9.17, 15) is 5.26 Å². The smallest absolute Gasteiger partial charge is 0.159 e. The van der Waals surface area contributed by atoms with Crippen LogP contribution < -0.4 is 0 Å². The topological polar surface area (TPSA) is 78.2 Å². The second-order valence-electron chi connectivity index (χ2n) is 5.13. The Labute approximate surface area is 115 Å². The van der Waals surface area contributed by atoms with E-state index in [-0.39, 0.29) is 5.41 Å². The molecular weight excluding hydrogens is 250 g/mol. The maximum absolute atomic E-state index is 9.32. The van der Waals surface area contributed by atoms with Gasteiger partial charge in [-0.1, -0.05) is 18.2 Å². The lowest BCUT2D eigenvalue weighted by molar-refractivity contribution is 0.909. The summed E-state index contributed by atoms with van der Waals surface area (Å²) in [5, 5.41) is 17.1. The molecule has 2 aromatic heterocycles. The van der Waals surface area contributed by atoms with Gasteiger partial charge in [-0.2, -0.15) is 10.4 Å². The molecule has 5 heteroatoms. The van der Waals surface area contributed by atoms with Crippen molar-refractivity contribution < 1.29 is 0 Å². The number of hydrogen-bond donors (Lipinski definition) is 1. The number of aromatic amines is 1. The Bertz CT molecular complexity index is 839. The van der Waals surface area contributed by atoms with E-state index >= 15 is 0 Å². The minimum atomic E-state index is -0.279. The van der Waals surface area contributed by atoms with Gasteiger partial charge in [0.05, 0.1) is 28.8 Å². The monoisotopic (exact) mass is 261 g/mol. The largest absolute Gasteiger partial charge is 0.261 e. The number of benzene rings is 1. The molecule has 0 saturated heterocycles. The molecule has 1 aliphatic carbocycles. The second-order valence-corrected chi connectivity index (χ2v) is 5.13. The van der Waals surface area contributed by atoms with Gasteiger partial charge >= 0.3 is 0 Å². The van der Waals surface area contributed by atoms with Crippen LogP contribution in [0.2, 0.25) is 0 Å². The van der Waals surface area contributed by atoms with Gasteiger partial charge in [-0.3, -0.25) is 5.10 Å². The Kier molecular flexibility index (Phi) is 2.15. The molecule has 0 bridgehead atoms. The van der Waals surface area contributed by atoms with Crippen molar-refractivity contribution in [2.24, 2.45) is 0 Å². The van der Waals surface area contributed by atoms with Crippen LogP contribution >= 0.6 is 0 Å². The van der Waals surface area contributed by atoms with Gasteiger partial charge in [-0.05, 0) is 24.5 Å². The number of fused-ring (bicyclic) bond motifs is 1. The fraction of sp³-hybridized carbons (Fsp3) is 0.200. The summed E-state index contributed by atoms with van der Waals surface area (Å²) in [6.45, 7) is 0. The highest BCUT2D eigenvalue weighted by Gasteiger charge is 2.44. The molecule has 0 aliphatic heterocycles. The molecule has 1 fully saturated rings. The van der Waals surface area contributed by atoms with Crippen LogP contribution in [0.5, 0.6) is 0 Å². The predicted molar refractivity (Wildman–Crippen MR) is 73.6 cm³/mol. The minimum absolute atomic E-state index is 0.279. The van der Waals surface area contributed by atoms with Crippen molar-refractivity contribution >= 4 is 11.0 Å². The van der Waals surface area contributed by atoms with Crippen LogP contribution in [0.3, 0.4) is 0 Å². The summed E-state index contributed by atoms with van der Waals surface area (Å²) in [7, 11) is 0. The Morgan fingerprint density at radius 2 is 2.15 bits per heavy atom. The zero-order valence-electron chi connectivity index (χ0n) is 10.7. The van der Waals surface area contributed by atoms with Crippen molar-refractivity contribution in [1.29, 1.82) is 5.26 Å². The summed E-state index contributed by atoms with van der Waals surface area (Å²) in [6, 6.07) is 10.5. The summed E-state index contributed by atoms with van der Waals surface area (Å²) < 4.78 is 0. The van der Waals surface area contributed by atoms with Crippen molar-refractivity contribution in [3.63, 3.8) is 0 Å². The molecule has 3 aromatic rings. The highest BCUT2D eigenvalue weighted by atomic mass is 15.1. The molecule has 1 saturated carbocycles. The number of rotatable bonds is 2. The van der Waals surface area contributed by atoms with Crippen molar-refractivity contribution in [2.75, 3.05) is 0 Å². The van der Waals surface area contributed by atoms with Crippen molar-refractivity contribution in [2.45, 2.75) is 18.3 Å². The van der Waals surface area contributed by atoms with Crippen molar-refractivity contribution in [3.8, 4) is 17.3 Å². The lowest BCUT2D eigenvalue weighted by atomic mass is 9.95. The first kappa shape index (κ1) is 11.1. The van der Waals surface area contributed by atoms with Crippen LogP contribution in [0.15, 0.2) is 36.8 Å². The minimum Gasteiger partial charge on any atom is -0.261 e. The van der Waals surface area contributed by atoms with Crippen LogP contribution in [-0.2, 0) is 5.41 Å². The summed E-state index contributed by atoms with van der Waals surface area (Å²) in [4.78, 5) is 8.51. The summed E-state index contributed by atoms with van der Waals surface area (Å²) in [5.41, 5.74) is 3.37. The molecule has 5 nitrogen and oxygen atoms in total. The molecule has 1 aromatic carbocycles. The predicted octanol–water partition coefficient (Wildman–Crippen LogP) is 2.58. The van der Waals surface area contributed by atoms with E-state index in [0.717, 1.165) is 40.7 Å². The lowest BCUT2D eigenvalue weighted by Gasteiger charge is -2.08. The van der Waals surface area contributed by atoms with Gasteiger partial charge in [0.1, 0.15) is 6.33 Å². The Morgan fingerprint density at radius 3 is 2.95 bits per heavy atom. The first-order valence-corrected chi connectivity index (χ1v) is 6.49. The van der Waals surface area contributed by atoms with Gasteiger partial charge in [0, 0.05) is 5.56 Å². The normalized spacial score (nSPS) is 15.9. The maximum Gasteiger partial charge on any atom is 0.159 e. The third-order valence-electron chi connectivity index (χ3n) is 3.90. The van der Waals surface area contributed by atoms with E-state index in [1.165, 1.54) is 6.33 Å². The zero-order chi connectivity index (χ0) is 13.6. The quantitative estimate of drug-likeness (QED) is 0.769. The van der Waals surface area contributed by atoms with E-state index < -0.39 is 0 Å². The van der Waals surface area contributed by atoms with Gasteiger partial charge in [-0.25, -0.2) is 9.97 Å². The van der Waals surface area contributed by atoms with Crippen molar-refractivity contribution in [1.82, 2.24) is 20.2 Å². The highest BCUT2D eigenvalue weighted by Crippen LogP contribution is 2.48. The SMILES string of the molecule is N#CC1(c2cccc(-c3ncnc4[nH]ncc34)c2)CC1. The fourth-order valence-corrected chi connectivity index (χ4v) is 2.55. The summed E-state index contributed by atoms with van der Waals surface area (Å²) in [5.74, 6) is 0. The Morgan fingerprint density at radius 1 is 1.25 bits per heavy atom. The Hall–Kier alpha value is -2.74. The molecule has 1 aliphatic rings. The van der Waals surface area contributed by atoms with Crippen LogP contribution in [0.4, 0.5) is 0 Å². The third-order valence-corrected chi connectivity index (χ3v) is 3.90. The van der Waals surface area contributed by atoms with Gasteiger partial charge < -0.3 is 0 Å². The number of aromatic nitrogens is 4. The highest BCUT2D eigenvalue weighted by molar-refractivity contribution is 5.89. The maximum atomic E-state index is 9.32. The van der Waals surface area contributed by atoms with Gasteiger partial charge in [0.2, 0.25) is 0 Å². The van der Waals surface area contributed by atoms with E-state index in [2.05, 4.69) is 32.3 Å². The first-order valence-electron chi connectivity index (χ1n) is 6.49. The summed E-state index contributed by atoms with van der Waals surface area (Å²) in [6.07, 6.45) is 5.14. The molecule has 2 heterocycles. The lowest BCUT2D eigenvalue weighted by Crippen LogP contribution is -2.02. The fourth-order valence-electron chi connectivity index (χ4n) is 2.55. The van der Waals surface area contributed by atoms with E-state index in [4.69, 9.17) is 0 Å². The van der Waals surface area contributed by atoms with Gasteiger partial charge in [-0.15, -0.1) is 0 Å². The molecule has 0 amide bonds. The van der Waals surface area contributed by atoms with E-state index in [0.29, 0.717) is 0 Å². The first-order chi connectivity index (χ1) is 9.82. The second kappa shape index (κ2) is 3.87. The molecule has 0 unspecified atom stereocenters. The van der Waals surface area contributed by atoms with E-state index in [1.807, 2.05) is 18.2 Å². The van der Waals surface area contributed by atoms with Crippen LogP contribution in [-0.4, -0.2) is 20.2 Å². The molecule has 4 rings (SSSR count). The standard InChI is InChI=1S/C15H11N5/c16-8-15(4-5-15)11-3-1-2-10(6-11)13-12-7-19-20-14(12)18-9-17-13/h1-3,6-7,9H,4-5H2,(H,17,18,19,20). The average Bonchev–Trinajstić information content (AvgIpc) is 3.16. The Balaban J connectivity index is 1.89. The zero-order valence-corrected chi connectivity index (χ0v) is 10.7. The van der Waals surface area contributed by atoms with Gasteiger partial charge in [0.15, 0.2) is 5.65 Å². The third kappa shape index (κ3) is 1.51. The van der Waals surface area contributed by atoms with Crippen molar-refractivity contribution in [3.05, 3.63) is 42.4 Å². The van der Waals surface area contributed by atoms with Crippen LogP contribution in [0.1, 0.15) is 18.4 Å².